The van der Waals surface area contributed by atoms with Crippen LogP contribution in [0, 0.1) is 13.8 Å². The van der Waals surface area contributed by atoms with Crippen LogP contribution >= 0.6 is 0 Å². The molecule has 0 aromatic heterocycles. The summed E-state index contributed by atoms with van der Waals surface area (Å²) in [7, 11) is 2.24. The number of nitrogens with two attached hydrogens (primary N) is 1. The molecular weight excluding hydrogens is 232 g/mol. The molecule has 0 radical (unpaired) electrons. The molecule has 0 heterocycles. The first-order valence-electron chi connectivity index (χ1n) is 7.61. The molecular formula is C17H28N2. The minimum absolute atomic E-state index is 0.132. The molecule has 1 fully saturated rings. The molecule has 2 rings (SSSR count). The monoisotopic (exact) mass is 260 g/mol. The van der Waals surface area contributed by atoms with Crippen LogP contribution in [0.15, 0.2) is 18.2 Å². The van der Waals surface area contributed by atoms with Gasteiger partial charge in [-0.1, -0.05) is 43.0 Å². The van der Waals surface area contributed by atoms with E-state index < -0.39 is 0 Å². The van der Waals surface area contributed by atoms with Crippen LogP contribution in [0.4, 0.5) is 0 Å². The second kappa shape index (κ2) is 6.53. The van der Waals surface area contributed by atoms with Crippen molar-refractivity contribution in [2.24, 2.45) is 5.73 Å². The van der Waals surface area contributed by atoms with Gasteiger partial charge in [0, 0.05) is 18.6 Å². The van der Waals surface area contributed by atoms with E-state index in [1.165, 1.54) is 48.8 Å². The molecule has 1 atom stereocenters. The highest BCUT2D eigenvalue weighted by molar-refractivity contribution is 5.32. The second-order valence-electron chi connectivity index (χ2n) is 6.20. The maximum Gasteiger partial charge on any atom is 0.0426 e. The highest BCUT2D eigenvalue weighted by Crippen LogP contribution is 2.24. The van der Waals surface area contributed by atoms with Crippen LogP contribution in [0.1, 0.15) is 54.8 Å². The molecule has 2 heteroatoms. The van der Waals surface area contributed by atoms with Crippen LogP contribution in [-0.2, 0) is 0 Å². The number of aryl methyl sites for hydroxylation is 2. The van der Waals surface area contributed by atoms with Crippen LogP contribution in [-0.4, -0.2) is 24.5 Å². The van der Waals surface area contributed by atoms with Crippen LogP contribution < -0.4 is 5.73 Å². The van der Waals surface area contributed by atoms with E-state index in [1.54, 1.807) is 0 Å². The Balaban J connectivity index is 1.97. The zero-order chi connectivity index (χ0) is 13.8. The quantitative estimate of drug-likeness (QED) is 0.896. The van der Waals surface area contributed by atoms with Crippen molar-refractivity contribution in [3.05, 3.63) is 34.9 Å². The lowest BCUT2D eigenvalue weighted by Gasteiger charge is -2.33. The molecule has 0 amide bonds. The standard InChI is InChI=1S/C17H28N2/c1-13-9-10-16(14(2)11-13)17(18)12-19(3)15-7-5-4-6-8-15/h9-11,15,17H,4-8,12,18H2,1-3H3. The lowest BCUT2D eigenvalue weighted by atomic mass is 9.93. The Labute approximate surface area is 118 Å². The van der Waals surface area contributed by atoms with E-state index in [-0.39, 0.29) is 6.04 Å². The van der Waals surface area contributed by atoms with Crippen molar-refractivity contribution in [2.45, 2.75) is 58.0 Å². The number of likely N-dealkylation sites (N-methyl/N-ethyl adjacent to an activating group) is 1. The summed E-state index contributed by atoms with van der Waals surface area (Å²) in [6.07, 6.45) is 6.86. The Bertz CT molecular complexity index is 408. The maximum absolute atomic E-state index is 6.41. The summed E-state index contributed by atoms with van der Waals surface area (Å²) in [4.78, 5) is 2.48. The zero-order valence-corrected chi connectivity index (χ0v) is 12.7. The van der Waals surface area contributed by atoms with Crippen molar-refractivity contribution < 1.29 is 0 Å². The summed E-state index contributed by atoms with van der Waals surface area (Å²) in [6, 6.07) is 7.47. The lowest BCUT2D eigenvalue weighted by molar-refractivity contribution is 0.182. The number of rotatable bonds is 4. The van der Waals surface area contributed by atoms with E-state index in [2.05, 4.69) is 44.0 Å². The number of hydrogen-bond donors (Lipinski definition) is 1. The smallest absolute Gasteiger partial charge is 0.0426 e. The predicted octanol–water partition coefficient (Wildman–Crippen LogP) is 3.57. The van der Waals surface area contributed by atoms with Gasteiger partial charge in [-0.15, -0.1) is 0 Å². The van der Waals surface area contributed by atoms with Crippen LogP contribution in [0.3, 0.4) is 0 Å². The Morgan fingerprint density at radius 2 is 1.89 bits per heavy atom. The fourth-order valence-corrected chi connectivity index (χ4v) is 3.32. The van der Waals surface area contributed by atoms with E-state index in [4.69, 9.17) is 5.73 Å². The Morgan fingerprint density at radius 3 is 2.53 bits per heavy atom. The van der Waals surface area contributed by atoms with Gasteiger partial charge < -0.3 is 10.6 Å². The highest BCUT2D eigenvalue weighted by atomic mass is 15.1. The summed E-state index contributed by atoms with van der Waals surface area (Å²) in [5.41, 5.74) is 10.3. The first-order valence-corrected chi connectivity index (χ1v) is 7.61. The van der Waals surface area contributed by atoms with Gasteiger partial charge >= 0.3 is 0 Å². The number of hydrogen-bond acceptors (Lipinski definition) is 2. The zero-order valence-electron chi connectivity index (χ0n) is 12.7. The van der Waals surface area contributed by atoms with Crippen molar-refractivity contribution in [1.29, 1.82) is 0 Å². The average Bonchev–Trinajstić information content (AvgIpc) is 2.39. The van der Waals surface area contributed by atoms with Crippen molar-refractivity contribution in [3.63, 3.8) is 0 Å². The van der Waals surface area contributed by atoms with E-state index >= 15 is 0 Å². The van der Waals surface area contributed by atoms with Crippen molar-refractivity contribution >= 4 is 0 Å². The molecule has 1 aromatic carbocycles. The molecule has 2 nitrogen and oxygen atoms in total. The van der Waals surface area contributed by atoms with E-state index in [9.17, 15) is 0 Å². The topological polar surface area (TPSA) is 29.3 Å². The Morgan fingerprint density at radius 1 is 1.21 bits per heavy atom. The molecule has 0 aliphatic heterocycles. The van der Waals surface area contributed by atoms with Crippen LogP contribution in [0.2, 0.25) is 0 Å². The van der Waals surface area contributed by atoms with Gasteiger partial charge in [0.15, 0.2) is 0 Å². The number of nitrogens with zero attached hydrogens (tertiary/aromatic N) is 1. The first-order chi connectivity index (χ1) is 9.08. The summed E-state index contributed by atoms with van der Waals surface area (Å²) < 4.78 is 0. The van der Waals surface area contributed by atoms with Gasteiger partial charge in [0.1, 0.15) is 0 Å². The minimum atomic E-state index is 0.132. The summed E-state index contributed by atoms with van der Waals surface area (Å²) >= 11 is 0. The third-order valence-corrected chi connectivity index (χ3v) is 4.51. The Hall–Kier alpha value is -0.860. The van der Waals surface area contributed by atoms with E-state index in [1.807, 2.05) is 0 Å². The average molecular weight is 260 g/mol. The molecule has 0 spiro atoms. The summed E-state index contributed by atoms with van der Waals surface area (Å²) in [5, 5.41) is 0. The summed E-state index contributed by atoms with van der Waals surface area (Å²) in [5.74, 6) is 0. The molecule has 19 heavy (non-hydrogen) atoms. The van der Waals surface area contributed by atoms with Gasteiger partial charge in [0.05, 0.1) is 0 Å². The second-order valence-corrected chi connectivity index (χ2v) is 6.20. The first kappa shape index (κ1) is 14.5. The molecule has 0 bridgehead atoms. The maximum atomic E-state index is 6.41. The molecule has 0 saturated heterocycles. The lowest BCUT2D eigenvalue weighted by Crippen LogP contribution is -2.38. The molecule has 1 unspecified atom stereocenters. The van der Waals surface area contributed by atoms with Crippen molar-refractivity contribution in [3.8, 4) is 0 Å². The normalized spacial score (nSPS) is 18.8. The van der Waals surface area contributed by atoms with Gasteiger partial charge in [0.25, 0.3) is 0 Å². The van der Waals surface area contributed by atoms with Gasteiger partial charge in [-0.25, -0.2) is 0 Å². The third-order valence-electron chi connectivity index (χ3n) is 4.51. The fraction of sp³-hybridized carbons (Fsp3) is 0.647. The Kier molecular flexibility index (Phi) is 5.00. The van der Waals surface area contributed by atoms with Crippen molar-refractivity contribution in [2.75, 3.05) is 13.6 Å². The highest BCUT2D eigenvalue weighted by Gasteiger charge is 2.20. The summed E-state index contributed by atoms with van der Waals surface area (Å²) in [6.45, 7) is 5.27. The van der Waals surface area contributed by atoms with E-state index in [0.29, 0.717) is 0 Å². The van der Waals surface area contributed by atoms with Crippen molar-refractivity contribution in [1.82, 2.24) is 4.90 Å². The van der Waals surface area contributed by atoms with E-state index in [0.717, 1.165) is 12.6 Å². The third kappa shape index (κ3) is 3.80. The van der Waals surface area contributed by atoms with Gasteiger partial charge in [-0.05, 0) is 44.9 Å². The molecule has 1 aliphatic carbocycles. The molecule has 2 N–H and O–H groups in total. The molecule has 1 saturated carbocycles. The van der Waals surface area contributed by atoms with Gasteiger partial charge in [0.2, 0.25) is 0 Å². The molecule has 1 aromatic rings. The van der Waals surface area contributed by atoms with Gasteiger partial charge in [-0.3, -0.25) is 0 Å². The number of benzene rings is 1. The SMILES string of the molecule is Cc1ccc(C(N)CN(C)C2CCCCC2)c(C)c1. The van der Waals surface area contributed by atoms with Gasteiger partial charge in [-0.2, -0.15) is 0 Å². The molecule has 1 aliphatic rings. The largest absolute Gasteiger partial charge is 0.323 e. The molecule has 106 valence electrons. The minimum Gasteiger partial charge on any atom is -0.323 e. The van der Waals surface area contributed by atoms with Crippen LogP contribution in [0.25, 0.3) is 0 Å². The predicted molar refractivity (Wildman–Crippen MR) is 82.3 cm³/mol. The fourth-order valence-electron chi connectivity index (χ4n) is 3.32. The van der Waals surface area contributed by atoms with Crippen LogP contribution in [0.5, 0.6) is 0 Å².